The van der Waals surface area contributed by atoms with E-state index in [1.807, 2.05) is 0 Å². The second-order valence-corrected chi connectivity index (χ2v) is 5.51. The number of rotatable bonds is 5. The van der Waals surface area contributed by atoms with Crippen molar-refractivity contribution in [2.75, 3.05) is 19.5 Å². The molecular weight excluding hydrogens is 363 g/mol. The minimum absolute atomic E-state index is 0.000153. The molecule has 7 nitrogen and oxygen atoms in total. The number of amidine groups is 1. The molecule has 0 aliphatic rings. The Balaban J connectivity index is 2.41. The number of alkyl halides is 3. The molecule has 2 aromatic carbocycles. The number of nitrogens with zero attached hydrogens (tertiary/aromatic N) is 2. The number of halogens is 3. The second-order valence-electron chi connectivity index (χ2n) is 5.51. The summed E-state index contributed by atoms with van der Waals surface area (Å²) in [5.41, 5.74) is 6.53. The number of ether oxygens (including phenoxy) is 1. The highest BCUT2D eigenvalue weighted by atomic mass is 19.4. The zero-order valence-corrected chi connectivity index (χ0v) is 14.5. The Morgan fingerprint density at radius 2 is 1.81 bits per heavy atom. The van der Waals surface area contributed by atoms with Crippen LogP contribution in [-0.2, 0) is 10.9 Å². The number of hydrazone groups is 1. The normalized spacial score (nSPS) is 11.9. The van der Waals surface area contributed by atoms with Gasteiger partial charge in [0.1, 0.15) is 0 Å². The first kappa shape index (κ1) is 20.0. The molecule has 0 atom stereocenters. The molecule has 0 amide bonds. The lowest BCUT2D eigenvalue weighted by molar-refractivity contribution is -0.137. The van der Waals surface area contributed by atoms with E-state index in [2.05, 4.69) is 15.2 Å². The number of nitrogens with one attached hydrogen (secondary N) is 1. The number of benzene rings is 2. The summed E-state index contributed by atoms with van der Waals surface area (Å²) >= 11 is 0. The van der Waals surface area contributed by atoms with Crippen LogP contribution in [0.2, 0.25) is 0 Å². The molecule has 10 heteroatoms. The number of carbonyl (C=O) groups is 1. The van der Waals surface area contributed by atoms with E-state index in [0.29, 0.717) is 16.9 Å². The Labute approximate surface area is 153 Å². The molecule has 5 N–H and O–H groups in total. The number of methoxy groups -OCH3 is 1. The van der Waals surface area contributed by atoms with Gasteiger partial charge < -0.3 is 15.8 Å². The van der Waals surface area contributed by atoms with E-state index in [1.165, 1.54) is 44.5 Å². The van der Waals surface area contributed by atoms with Gasteiger partial charge in [-0.05, 0) is 42.5 Å². The van der Waals surface area contributed by atoms with E-state index >= 15 is 0 Å². The smallest absolute Gasteiger partial charge is 0.416 e. The predicted octanol–water partition coefficient (Wildman–Crippen LogP) is 2.66. The van der Waals surface area contributed by atoms with E-state index in [1.54, 1.807) is 0 Å². The van der Waals surface area contributed by atoms with Gasteiger partial charge in [0, 0.05) is 24.0 Å². The fourth-order valence-electron chi connectivity index (χ4n) is 2.23. The zero-order valence-electron chi connectivity index (χ0n) is 14.5. The van der Waals surface area contributed by atoms with Gasteiger partial charge in [-0.1, -0.05) is 0 Å². The highest BCUT2D eigenvalue weighted by molar-refractivity contribution is 6.05. The number of hydrogen-bond donors (Lipinski definition) is 3. The highest BCUT2D eigenvalue weighted by Crippen LogP contribution is 2.31. The Morgan fingerprint density at radius 3 is 2.33 bits per heavy atom. The van der Waals surface area contributed by atoms with Crippen molar-refractivity contribution in [3.63, 3.8) is 0 Å². The molecule has 0 aliphatic carbocycles. The maximum absolute atomic E-state index is 12.7. The molecule has 0 saturated carbocycles. The fraction of sp³-hybridized carbons (Fsp3) is 0.176. The molecule has 0 spiro atoms. The lowest BCUT2D eigenvalue weighted by Gasteiger charge is -2.15. The molecule has 0 fully saturated rings. The van der Waals surface area contributed by atoms with Crippen molar-refractivity contribution in [2.24, 2.45) is 16.7 Å². The van der Waals surface area contributed by atoms with Crippen LogP contribution >= 0.6 is 0 Å². The van der Waals surface area contributed by atoms with Gasteiger partial charge in [0.15, 0.2) is 5.84 Å². The van der Waals surface area contributed by atoms with Crippen LogP contribution in [-0.4, -0.2) is 31.1 Å². The second kappa shape index (κ2) is 7.96. The molecule has 0 aromatic heterocycles. The largest absolute Gasteiger partial charge is 0.465 e. The standard InChI is InChI=1S/C17H18F3N5O2/c1-25(22)24-15(21)13-9-10(16(26)27-2)3-8-14(13)23-12-6-4-11(5-7-12)17(18,19)20/h3-9,23H,22H2,1-2H3,(H2,21,24). The number of anilines is 2. The Kier molecular flexibility index (Phi) is 5.91. The minimum Gasteiger partial charge on any atom is -0.465 e. The van der Waals surface area contributed by atoms with Gasteiger partial charge in [-0.2, -0.15) is 13.2 Å². The van der Waals surface area contributed by atoms with Crippen molar-refractivity contribution in [1.29, 1.82) is 0 Å². The van der Waals surface area contributed by atoms with Crippen molar-refractivity contribution in [2.45, 2.75) is 6.18 Å². The van der Waals surface area contributed by atoms with Crippen LogP contribution < -0.4 is 16.9 Å². The molecule has 0 bridgehead atoms. The van der Waals surface area contributed by atoms with Crippen molar-refractivity contribution in [3.8, 4) is 0 Å². The topological polar surface area (TPSA) is 106 Å². The van der Waals surface area contributed by atoms with Gasteiger partial charge >= 0.3 is 12.1 Å². The first-order valence-electron chi connectivity index (χ1n) is 7.61. The van der Waals surface area contributed by atoms with Crippen molar-refractivity contribution >= 4 is 23.2 Å². The summed E-state index contributed by atoms with van der Waals surface area (Å²) < 4.78 is 42.7. The fourth-order valence-corrected chi connectivity index (χ4v) is 2.23. The Bertz CT molecular complexity index is 849. The highest BCUT2D eigenvalue weighted by Gasteiger charge is 2.30. The third-order valence-corrected chi connectivity index (χ3v) is 3.47. The molecule has 0 radical (unpaired) electrons. The number of hydrazine groups is 1. The molecule has 0 saturated heterocycles. The Hall–Kier alpha value is -3.27. The predicted molar refractivity (Wildman–Crippen MR) is 95.2 cm³/mol. The molecule has 2 rings (SSSR count). The molecular formula is C17H18F3N5O2. The quantitative estimate of drug-likeness (QED) is 0.242. The number of esters is 1. The molecule has 2 aromatic rings. The van der Waals surface area contributed by atoms with Crippen LogP contribution in [0.15, 0.2) is 47.6 Å². The third-order valence-electron chi connectivity index (χ3n) is 3.47. The van der Waals surface area contributed by atoms with Crippen LogP contribution in [0.3, 0.4) is 0 Å². The summed E-state index contributed by atoms with van der Waals surface area (Å²) in [5, 5.41) is 7.83. The summed E-state index contributed by atoms with van der Waals surface area (Å²) in [5.74, 6) is 4.88. The van der Waals surface area contributed by atoms with E-state index in [0.717, 1.165) is 17.3 Å². The first-order valence-corrected chi connectivity index (χ1v) is 7.61. The summed E-state index contributed by atoms with van der Waals surface area (Å²) in [6, 6.07) is 8.94. The molecule has 0 heterocycles. The van der Waals surface area contributed by atoms with Crippen LogP contribution in [0, 0.1) is 0 Å². The minimum atomic E-state index is -4.42. The van der Waals surface area contributed by atoms with Crippen LogP contribution in [0.1, 0.15) is 21.5 Å². The summed E-state index contributed by atoms with van der Waals surface area (Å²) in [6.45, 7) is 0. The maximum Gasteiger partial charge on any atom is 0.416 e. The van der Waals surface area contributed by atoms with Crippen LogP contribution in [0.4, 0.5) is 24.5 Å². The van der Waals surface area contributed by atoms with Gasteiger partial charge in [-0.15, -0.1) is 5.10 Å². The number of carbonyl (C=O) groups excluding carboxylic acids is 1. The summed E-state index contributed by atoms with van der Waals surface area (Å²) in [4.78, 5) is 11.7. The van der Waals surface area contributed by atoms with Gasteiger partial charge in [-0.25, -0.2) is 15.8 Å². The average molecular weight is 381 g/mol. The molecule has 144 valence electrons. The van der Waals surface area contributed by atoms with Crippen LogP contribution in [0.5, 0.6) is 0 Å². The summed E-state index contributed by atoms with van der Waals surface area (Å²) in [6.07, 6.45) is -4.42. The lowest BCUT2D eigenvalue weighted by Crippen LogP contribution is -2.26. The zero-order chi connectivity index (χ0) is 20.2. The van der Waals surface area contributed by atoms with Gasteiger partial charge in [0.05, 0.1) is 18.2 Å². The van der Waals surface area contributed by atoms with E-state index in [4.69, 9.17) is 11.6 Å². The third kappa shape index (κ3) is 5.11. The Morgan fingerprint density at radius 1 is 1.19 bits per heavy atom. The van der Waals surface area contributed by atoms with E-state index in [9.17, 15) is 18.0 Å². The van der Waals surface area contributed by atoms with Gasteiger partial charge in [-0.3, -0.25) is 0 Å². The lowest BCUT2D eigenvalue weighted by atomic mass is 10.1. The van der Waals surface area contributed by atoms with E-state index in [-0.39, 0.29) is 11.4 Å². The average Bonchev–Trinajstić information content (AvgIpc) is 2.60. The first-order chi connectivity index (χ1) is 12.6. The molecule has 27 heavy (non-hydrogen) atoms. The van der Waals surface area contributed by atoms with Gasteiger partial charge in [0.25, 0.3) is 0 Å². The van der Waals surface area contributed by atoms with Crippen LogP contribution in [0.25, 0.3) is 0 Å². The maximum atomic E-state index is 12.7. The number of nitrogens with two attached hydrogens (primary N) is 2. The molecule has 0 unspecified atom stereocenters. The van der Waals surface area contributed by atoms with Crippen molar-refractivity contribution in [1.82, 2.24) is 5.12 Å². The monoisotopic (exact) mass is 381 g/mol. The number of hydrogen-bond acceptors (Lipinski definition) is 6. The molecule has 0 aliphatic heterocycles. The van der Waals surface area contributed by atoms with E-state index < -0.39 is 17.7 Å². The van der Waals surface area contributed by atoms with Gasteiger partial charge in [0.2, 0.25) is 0 Å². The van der Waals surface area contributed by atoms with Crippen molar-refractivity contribution in [3.05, 3.63) is 59.2 Å². The summed E-state index contributed by atoms with van der Waals surface area (Å²) in [7, 11) is 2.70. The SMILES string of the molecule is COC(=O)c1ccc(Nc2ccc(C(F)(F)F)cc2)c(/C(N)=N/N(C)N)c1. The van der Waals surface area contributed by atoms with Crippen molar-refractivity contribution < 1.29 is 22.7 Å².